The molecule has 5 heteroatoms. The van der Waals surface area contributed by atoms with Crippen molar-refractivity contribution in [1.82, 2.24) is 9.97 Å². The fourth-order valence-electron chi connectivity index (χ4n) is 2.71. The Morgan fingerprint density at radius 1 is 1.19 bits per heavy atom. The first-order chi connectivity index (χ1) is 9.78. The van der Waals surface area contributed by atoms with Gasteiger partial charge in [-0.25, -0.2) is 9.97 Å². The molecule has 2 rings (SSSR count). The van der Waals surface area contributed by atoms with Crippen molar-refractivity contribution in [3.63, 3.8) is 0 Å². The van der Waals surface area contributed by atoms with Gasteiger partial charge in [-0.15, -0.1) is 0 Å². The maximum Gasteiger partial charge on any atom is 0.138 e. The predicted octanol–water partition coefficient (Wildman–Crippen LogP) is 2.85. The lowest BCUT2D eigenvalue weighted by Gasteiger charge is -2.27. The Morgan fingerprint density at radius 2 is 1.81 bits per heavy atom. The van der Waals surface area contributed by atoms with Crippen LogP contribution in [0.4, 0.5) is 11.6 Å². The van der Waals surface area contributed by atoms with Crippen LogP contribution >= 0.6 is 0 Å². The van der Waals surface area contributed by atoms with E-state index < -0.39 is 5.60 Å². The molecule has 0 unspecified atom stereocenters. The molecule has 0 aliphatic heterocycles. The Morgan fingerprint density at radius 3 is 2.38 bits per heavy atom. The highest BCUT2D eigenvalue weighted by Gasteiger charge is 2.28. The van der Waals surface area contributed by atoms with E-state index in [-0.39, 0.29) is 5.41 Å². The van der Waals surface area contributed by atoms with E-state index >= 15 is 0 Å². The van der Waals surface area contributed by atoms with Crippen LogP contribution < -0.4 is 11.1 Å². The lowest BCUT2D eigenvalue weighted by atomic mass is 9.94. The summed E-state index contributed by atoms with van der Waals surface area (Å²) in [6, 6.07) is 1.73. The fourth-order valence-corrected chi connectivity index (χ4v) is 2.71. The summed E-state index contributed by atoms with van der Waals surface area (Å²) in [4.78, 5) is 8.83. The zero-order chi connectivity index (χ0) is 15.5. The third-order valence-electron chi connectivity index (χ3n) is 4.05. The smallest absolute Gasteiger partial charge is 0.138 e. The van der Waals surface area contributed by atoms with Crippen molar-refractivity contribution in [1.29, 1.82) is 0 Å². The van der Waals surface area contributed by atoms with Gasteiger partial charge in [0, 0.05) is 18.0 Å². The molecule has 0 saturated heterocycles. The van der Waals surface area contributed by atoms with E-state index in [0.29, 0.717) is 18.2 Å². The second kappa shape index (κ2) is 6.18. The van der Waals surface area contributed by atoms with Crippen molar-refractivity contribution >= 4 is 11.6 Å². The molecule has 5 nitrogen and oxygen atoms in total. The van der Waals surface area contributed by atoms with Gasteiger partial charge in [0.2, 0.25) is 0 Å². The molecule has 0 amide bonds. The molecule has 1 aliphatic carbocycles. The molecular weight excluding hydrogens is 264 g/mol. The Labute approximate surface area is 127 Å². The number of nitrogens with two attached hydrogens (primary N) is 1. The zero-order valence-electron chi connectivity index (χ0n) is 13.4. The van der Waals surface area contributed by atoms with Crippen LogP contribution in [0.3, 0.4) is 0 Å². The summed E-state index contributed by atoms with van der Waals surface area (Å²) in [6.07, 6.45) is 6.34. The normalized spacial score (nSPS) is 19.0. The van der Waals surface area contributed by atoms with Crippen LogP contribution in [-0.2, 0) is 5.41 Å². The minimum atomic E-state index is -0.627. The molecule has 0 radical (unpaired) electrons. The van der Waals surface area contributed by atoms with Crippen LogP contribution in [0.5, 0.6) is 0 Å². The van der Waals surface area contributed by atoms with Crippen LogP contribution in [0, 0.1) is 0 Å². The Hall–Kier alpha value is -1.36. The molecule has 1 saturated carbocycles. The number of hydrogen-bond donors (Lipinski definition) is 3. The summed E-state index contributed by atoms with van der Waals surface area (Å²) in [5.41, 5.74) is 5.09. The molecule has 1 fully saturated rings. The molecule has 0 spiro atoms. The number of hydrogen-bond acceptors (Lipinski definition) is 5. The number of nitrogens with zero attached hydrogens (tertiary/aromatic N) is 2. The Balaban J connectivity index is 2.07. The second-order valence-corrected chi connectivity index (χ2v) is 7.24. The first-order valence-corrected chi connectivity index (χ1v) is 7.90. The summed E-state index contributed by atoms with van der Waals surface area (Å²) in [5, 5.41) is 13.9. The summed E-state index contributed by atoms with van der Waals surface area (Å²) in [5.74, 6) is 1.88. The summed E-state index contributed by atoms with van der Waals surface area (Å²) in [7, 11) is 0. The molecule has 1 aliphatic rings. The van der Waals surface area contributed by atoms with Crippen LogP contribution in [0.25, 0.3) is 0 Å². The van der Waals surface area contributed by atoms with E-state index in [9.17, 15) is 5.11 Å². The average molecular weight is 292 g/mol. The maximum absolute atomic E-state index is 10.7. The maximum atomic E-state index is 10.7. The van der Waals surface area contributed by atoms with E-state index in [2.05, 4.69) is 36.1 Å². The van der Waals surface area contributed by atoms with E-state index in [0.717, 1.165) is 31.5 Å². The minimum Gasteiger partial charge on any atom is -0.388 e. The van der Waals surface area contributed by atoms with Gasteiger partial charge in [-0.05, 0) is 12.8 Å². The van der Waals surface area contributed by atoms with E-state index in [1.807, 2.05) is 0 Å². The molecule has 0 atom stereocenters. The largest absolute Gasteiger partial charge is 0.388 e. The fraction of sp³-hybridized carbons (Fsp3) is 0.750. The quantitative estimate of drug-likeness (QED) is 0.746. The SMILES string of the molecule is CC(C)(C)c1nc(N)cc(NCC2(O)CCCCCC2)n1. The molecule has 0 aromatic carbocycles. The Kier molecular flexibility index (Phi) is 4.71. The van der Waals surface area contributed by atoms with Gasteiger partial charge in [-0.3, -0.25) is 0 Å². The molecule has 1 heterocycles. The van der Waals surface area contributed by atoms with Crippen molar-refractivity contribution in [3.05, 3.63) is 11.9 Å². The van der Waals surface area contributed by atoms with Crippen molar-refractivity contribution in [2.24, 2.45) is 0 Å². The van der Waals surface area contributed by atoms with Gasteiger partial charge < -0.3 is 16.2 Å². The summed E-state index contributed by atoms with van der Waals surface area (Å²) < 4.78 is 0. The topological polar surface area (TPSA) is 84.1 Å². The first-order valence-electron chi connectivity index (χ1n) is 7.90. The summed E-state index contributed by atoms with van der Waals surface area (Å²) >= 11 is 0. The highest BCUT2D eigenvalue weighted by molar-refractivity contribution is 5.45. The van der Waals surface area contributed by atoms with Crippen LogP contribution in [0.2, 0.25) is 0 Å². The zero-order valence-corrected chi connectivity index (χ0v) is 13.4. The monoisotopic (exact) mass is 292 g/mol. The number of nitrogens with one attached hydrogen (secondary N) is 1. The van der Waals surface area contributed by atoms with Crippen molar-refractivity contribution in [3.8, 4) is 0 Å². The number of aliphatic hydroxyl groups is 1. The minimum absolute atomic E-state index is 0.148. The van der Waals surface area contributed by atoms with Gasteiger partial charge in [0.05, 0.1) is 5.60 Å². The third-order valence-corrected chi connectivity index (χ3v) is 4.05. The van der Waals surface area contributed by atoms with Crippen molar-refractivity contribution in [2.75, 3.05) is 17.6 Å². The van der Waals surface area contributed by atoms with Crippen molar-refractivity contribution in [2.45, 2.75) is 70.3 Å². The van der Waals surface area contributed by atoms with Crippen LogP contribution in [0.15, 0.2) is 6.07 Å². The first kappa shape index (κ1) is 16.0. The van der Waals surface area contributed by atoms with Gasteiger partial charge in [0.25, 0.3) is 0 Å². The van der Waals surface area contributed by atoms with Crippen LogP contribution in [0.1, 0.15) is 65.1 Å². The van der Waals surface area contributed by atoms with E-state index in [4.69, 9.17) is 5.73 Å². The van der Waals surface area contributed by atoms with Gasteiger partial charge in [0.15, 0.2) is 0 Å². The molecule has 1 aromatic rings. The van der Waals surface area contributed by atoms with Gasteiger partial charge in [0.1, 0.15) is 17.5 Å². The number of rotatable bonds is 3. The average Bonchev–Trinajstić information content (AvgIpc) is 2.60. The second-order valence-electron chi connectivity index (χ2n) is 7.24. The molecule has 118 valence electrons. The molecular formula is C16H28N4O. The standard InChI is InChI=1S/C16H28N4O/c1-15(2,3)14-19-12(17)10-13(20-14)18-11-16(21)8-6-4-5-7-9-16/h10,21H,4-9,11H2,1-3H3,(H3,17,18,19,20). The highest BCUT2D eigenvalue weighted by atomic mass is 16.3. The molecule has 21 heavy (non-hydrogen) atoms. The van der Waals surface area contributed by atoms with Gasteiger partial charge in [-0.2, -0.15) is 0 Å². The van der Waals surface area contributed by atoms with Gasteiger partial charge in [-0.1, -0.05) is 46.5 Å². The van der Waals surface area contributed by atoms with E-state index in [1.54, 1.807) is 6.07 Å². The van der Waals surface area contributed by atoms with Crippen LogP contribution in [-0.4, -0.2) is 27.2 Å². The Bertz CT molecular complexity index is 474. The van der Waals surface area contributed by atoms with Gasteiger partial charge >= 0.3 is 0 Å². The third kappa shape index (κ3) is 4.56. The number of aromatic nitrogens is 2. The highest BCUT2D eigenvalue weighted by Crippen LogP contribution is 2.28. The van der Waals surface area contributed by atoms with E-state index in [1.165, 1.54) is 12.8 Å². The number of nitrogen functional groups attached to an aromatic ring is 1. The lowest BCUT2D eigenvalue weighted by molar-refractivity contribution is 0.0380. The molecule has 0 bridgehead atoms. The predicted molar refractivity (Wildman–Crippen MR) is 86.3 cm³/mol. The number of anilines is 2. The molecule has 4 N–H and O–H groups in total. The lowest BCUT2D eigenvalue weighted by Crippen LogP contribution is -2.36. The van der Waals surface area contributed by atoms with Crippen molar-refractivity contribution < 1.29 is 5.11 Å². The summed E-state index contributed by atoms with van der Waals surface area (Å²) in [6.45, 7) is 6.70. The molecule has 1 aromatic heterocycles.